The number of amides is 1. The van der Waals surface area contributed by atoms with Crippen LogP contribution in [0.1, 0.15) is 30.1 Å². The predicted molar refractivity (Wildman–Crippen MR) is 70.7 cm³/mol. The minimum absolute atomic E-state index is 0.142. The monoisotopic (exact) mass is 300 g/mol. The highest BCUT2D eigenvalue weighted by molar-refractivity contribution is 9.09. The SMILES string of the molecule is COc1ncccc1C(=O)NCCCC(C)Br. The molecule has 1 amide bonds. The van der Waals surface area contributed by atoms with Gasteiger partial charge in [0, 0.05) is 17.6 Å². The second-order valence-electron chi connectivity index (χ2n) is 3.74. The third-order valence-electron chi connectivity index (χ3n) is 2.27. The summed E-state index contributed by atoms with van der Waals surface area (Å²) >= 11 is 3.47. The molecule has 0 radical (unpaired) electrons. The summed E-state index contributed by atoms with van der Waals surface area (Å²) in [5.41, 5.74) is 0.474. The van der Waals surface area contributed by atoms with E-state index in [0.29, 0.717) is 22.8 Å². The fourth-order valence-electron chi connectivity index (χ4n) is 1.41. The van der Waals surface area contributed by atoms with E-state index in [2.05, 4.69) is 33.2 Å². The van der Waals surface area contributed by atoms with E-state index >= 15 is 0 Å². The molecule has 17 heavy (non-hydrogen) atoms. The third-order valence-corrected chi connectivity index (χ3v) is 2.73. The van der Waals surface area contributed by atoms with Gasteiger partial charge in [-0.25, -0.2) is 4.98 Å². The number of methoxy groups -OCH3 is 1. The topological polar surface area (TPSA) is 51.2 Å². The van der Waals surface area contributed by atoms with Gasteiger partial charge in [0.15, 0.2) is 0 Å². The van der Waals surface area contributed by atoms with E-state index in [1.807, 2.05) is 0 Å². The first kappa shape index (κ1) is 14.0. The minimum atomic E-state index is -0.142. The van der Waals surface area contributed by atoms with Gasteiger partial charge in [-0.15, -0.1) is 0 Å². The summed E-state index contributed by atoms with van der Waals surface area (Å²) in [6.07, 6.45) is 3.58. The number of ether oxygens (including phenoxy) is 1. The van der Waals surface area contributed by atoms with Crippen LogP contribution in [0.3, 0.4) is 0 Å². The molecular weight excluding hydrogens is 284 g/mol. The molecular formula is C12H17BrN2O2. The summed E-state index contributed by atoms with van der Waals surface area (Å²) in [5, 5.41) is 2.85. The number of aromatic nitrogens is 1. The number of halogens is 1. The molecule has 1 N–H and O–H groups in total. The van der Waals surface area contributed by atoms with Crippen molar-refractivity contribution in [2.24, 2.45) is 0 Å². The van der Waals surface area contributed by atoms with Gasteiger partial charge in [0.25, 0.3) is 5.91 Å². The van der Waals surface area contributed by atoms with E-state index in [4.69, 9.17) is 4.74 Å². The Labute approximate surface area is 110 Å². The lowest BCUT2D eigenvalue weighted by molar-refractivity contribution is 0.0949. The highest BCUT2D eigenvalue weighted by Gasteiger charge is 2.11. The Morgan fingerprint density at radius 2 is 2.41 bits per heavy atom. The summed E-state index contributed by atoms with van der Waals surface area (Å²) in [4.78, 5) is 16.3. The lowest BCUT2D eigenvalue weighted by Gasteiger charge is -2.08. The third kappa shape index (κ3) is 4.73. The average Bonchev–Trinajstić information content (AvgIpc) is 2.34. The van der Waals surface area contributed by atoms with Crippen LogP contribution < -0.4 is 10.1 Å². The minimum Gasteiger partial charge on any atom is -0.480 e. The molecule has 0 saturated heterocycles. The van der Waals surface area contributed by atoms with E-state index in [-0.39, 0.29) is 5.91 Å². The number of rotatable bonds is 6. The van der Waals surface area contributed by atoms with Gasteiger partial charge in [0.2, 0.25) is 5.88 Å². The maximum absolute atomic E-state index is 11.8. The molecule has 1 aromatic rings. The maximum atomic E-state index is 11.8. The van der Waals surface area contributed by atoms with Crippen molar-refractivity contribution in [2.75, 3.05) is 13.7 Å². The molecule has 0 spiro atoms. The molecule has 0 aliphatic carbocycles. The largest absolute Gasteiger partial charge is 0.480 e. The van der Waals surface area contributed by atoms with E-state index in [0.717, 1.165) is 12.8 Å². The number of carbonyl (C=O) groups is 1. The van der Waals surface area contributed by atoms with Crippen molar-refractivity contribution in [3.8, 4) is 5.88 Å². The van der Waals surface area contributed by atoms with Gasteiger partial charge in [-0.05, 0) is 25.0 Å². The Balaban J connectivity index is 2.47. The zero-order valence-electron chi connectivity index (χ0n) is 10.1. The first-order valence-electron chi connectivity index (χ1n) is 5.56. The molecule has 1 aromatic heterocycles. The average molecular weight is 301 g/mol. The van der Waals surface area contributed by atoms with Crippen molar-refractivity contribution in [3.05, 3.63) is 23.9 Å². The van der Waals surface area contributed by atoms with Crippen LogP contribution in [0.2, 0.25) is 0 Å². The van der Waals surface area contributed by atoms with Crippen LogP contribution in [0.15, 0.2) is 18.3 Å². The lowest BCUT2D eigenvalue weighted by Crippen LogP contribution is -2.25. The molecule has 0 fully saturated rings. The first-order valence-corrected chi connectivity index (χ1v) is 6.48. The fourth-order valence-corrected chi connectivity index (χ4v) is 1.73. The predicted octanol–water partition coefficient (Wildman–Crippen LogP) is 2.38. The van der Waals surface area contributed by atoms with Gasteiger partial charge in [-0.2, -0.15) is 0 Å². The number of hydrogen-bond acceptors (Lipinski definition) is 3. The van der Waals surface area contributed by atoms with Crippen molar-refractivity contribution >= 4 is 21.8 Å². The number of alkyl halides is 1. The summed E-state index contributed by atoms with van der Waals surface area (Å²) < 4.78 is 5.03. The highest BCUT2D eigenvalue weighted by Crippen LogP contribution is 2.13. The lowest BCUT2D eigenvalue weighted by atomic mass is 10.2. The summed E-state index contributed by atoms with van der Waals surface area (Å²) in [6, 6.07) is 3.42. The first-order chi connectivity index (χ1) is 8.15. The highest BCUT2D eigenvalue weighted by atomic mass is 79.9. The number of nitrogens with one attached hydrogen (secondary N) is 1. The zero-order chi connectivity index (χ0) is 12.7. The number of nitrogens with zero attached hydrogens (tertiary/aromatic N) is 1. The standard InChI is InChI=1S/C12H17BrN2O2/c1-9(13)5-3-7-14-11(16)10-6-4-8-15-12(10)17-2/h4,6,8-9H,3,5,7H2,1-2H3,(H,14,16). The molecule has 1 unspecified atom stereocenters. The Morgan fingerprint density at radius 1 is 1.65 bits per heavy atom. The number of carbonyl (C=O) groups excluding carboxylic acids is 1. The number of pyridine rings is 1. The fraction of sp³-hybridized carbons (Fsp3) is 0.500. The van der Waals surface area contributed by atoms with Crippen molar-refractivity contribution in [1.29, 1.82) is 0 Å². The van der Waals surface area contributed by atoms with Crippen LogP contribution >= 0.6 is 15.9 Å². The van der Waals surface area contributed by atoms with Crippen LogP contribution in [0, 0.1) is 0 Å². The van der Waals surface area contributed by atoms with Crippen molar-refractivity contribution in [2.45, 2.75) is 24.6 Å². The van der Waals surface area contributed by atoms with E-state index in [1.165, 1.54) is 7.11 Å². The molecule has 1 atom stereocenters. The molecule has 0 aliphatic rings. The van der Waals surface area contributed by atoms with Crippen LogP contribution in [0.5, 0.6) is 5.88 Å². The second kappa shape index (κ2) is 7.27. The molecule has 94 valence electrons. The molecule has 1 heterocycles. The summed E-state index contributed by atoms with van der Waals surface area (Å²) in [5.74, 6) is 0.219. The molecule has 0 bridgehead atoms. The van der Waals surface area contributed by atoms with E-state index in [9.17, 15) is 4.79 Å². The molecule has 5 heteroatoms. The Kier molecular flexibility index (Phi) is 5.97. The number of hydrogen-bond donors (Lipinski definition) is 1. The van der Waals surface area contributed by atoms with Crippen molar-refractivity contribution in [1.82, 2.24) is 10.3 Å². The Bertz CT molecular complexity index is 369. The van der Waals surface area contributed by atoms with Gasteiger partial charge in [-0.3, -0.25) is 4.79 Å². The normalized spacial score (nSPS) is 11.9. The molecule has 0 saturated carbocycles. The maximum Gasteiger partial charge on any atom is 0.256 e. The van der Waals surface area contributed by atoms with Crippen LogP contribution in [0.4, 0.5) is 0 Å². The summed E-state index contributed by atoms with van der Waals surface area (Å²) in [7, 11) is 1.51. The van der Waals surface area contributed by atoms with E-state index < -0.39 is 0 Å². The second-order valence-corrected chi connectivity index (χ2v) is 5.30. The van der Waals surface area contributed by atoms with Gasteiger partial charge in [0.1, 0.15) is 5.56 Å². The zero-order valence-corrected chi connectivity index (χ0v) is 11.7. The molecule has 0 aliphatic heterocycles. The molecule has 0 aromatic carbocycles. The summed E-state index contributed by atoms with van der Waals surface area (Å²) in [6.45, 7) is 2.75. The van der Waals surface area contributed by atoms with E-state index in [1.54, 1.807) is 18.3 Å². The van der Waals surface area contributed by atoms with Gasteiger partial charge >= 0.3 is 0 Å². The Morgan fingerprint density at radius 3 is 3.06 bits per heavy atom. The van der Waals surface area contributed by atoms with Gasteiger partial charge < -0.3 is 10.1 Å². The van der Waals surface area contributed by atoms with Crippen molar-refractivity contribution in [3.63, 3.8) is 0 Å². The molecule has 4 nitrogen and oxygen atoms in total. The Hall–Kier alpha value is -1.10. The molecule has 1 rings (SSSR count). The van der Waals surface area contributed by atoms with Gasteiger partial charge in [-0.1, -0.05) is 22.9 Å². The van der Waals surface area contributed by atoms with Crippen molar-refractivity contribution < 1.29 is 9.53 Å². The quantitative estimate of drug-likeness (QED) is 0.648. The van der Waals surface area contributed by atoms with Crippen LogP contribution in [-0.4, -0.2) is 29.4 Å². The van der Waals surface area contributed by atoms with Gasteiger partial charge in [0.05, 0.1) is 7.11 Å². The van der Waals surface area contributed by atoms with Crippen LogP contribution in [-0.2, 0) is 0 Å². The van der Waals surface area contributed by atoms with Crippen LogP contribution in [0.25, 0.3) is 0 Å². The smallest absolute Gasteiger partial charge is 0.256 e.